The molecule has 2 saturated carbocycles. The lowest BCUT2D eigenvalue weighted by atomic mass is 9.88. The van der Waals surface area contributed by atoms with Crippen LogP contribution in [-0.2, 0) is 4.79 Å². The Morgan fingerprint density at radius 1 is 1.06 bits per heavy atom. The first kappa shape index (κ1) is 10.9. The largest absolute Gasteiger partial charge is 0.339 e. The van der Waals surface area contributed by atoms with E-state index in [-0.39, 0.29) is 11.7 Å². The molecule has 0 radical (unpaired) electrons. The van der Waals surface area contributed by atoms with Gasteiger partial charge in [-0.25, -0.2) is 0 Å². The van der Waals surface area contributed by atoms with Crippen molar-refractivity contribution in [3.63, 3.8) is 0 Å². The van der Waals surface area contributed by atoms with Crippen LogP contribution in [0.25, 0.3) is 0 Å². The van der Waals surface area contributed by atoms with Crippen LogP contribution in [0.4, 0.5) is 0 Å². The smallest absolute Gasteiger partial charge is 0.237 e. The molecule has 17 heavy (non-hydrogen) atoms. The molecule has 0 aliphatic heterocycles. The molecular formula is C13H18N2O2. The van der Waals surface area contributed by atoms with Crippen molar-refractivity contribution in [3.05, 3.63) is 11.7 Å². The molecule has 4 nitrogen and oxygen atoms in total. The summed E-state index contributed by atoms with van der Waals surface area (Å²) in [4.78, 5) is 16.3. The summed E-state index contributed by atoms with van der Waals surface area (Å²) in [5.41, 5.74) is 0. The summed E-state index contributed by atoms with van der Waals surface area (Å²) in [6, 6.07) is 0. The van der Waals surface area contributed by atoms with Crippen molar-refractivity contribution in [1.29, 1.82) is 0 Å². The molecule has 0 spiro atoms. The quantitative estimate of drug-likeness (QED) is 0.789. The summed E-state index contributed by atoms with van der Waals surface area (Å²) in [5, 5.41) is 4.07. The summed E-state index contributed by atoms with van der Waals surface area (Å²) in [5.74, 6) is 2.02. The van der Waals surface area contributed by atoms with Crippen LogP contribution < -0.4 is 0 Å². The molecule has 0 amide bonds. The SMILES string of the molecule is O=C1CCCCC1c1nc(C2CCCC2)no1. The molecular weight excluding hydrogens is 216 g/mol. The molecule has 2 aliphatic rings. The van der Waals surface area contributed by atoms with E-state index in [2.05, 4.69) is 10.1 Å². The molecule has 2 fully saturated rings. The van der Waals surface area contributed by atoms with E-state index < -0.39 is 0 Å². The van der Waals surface area contributed by atoms with Crippen molar-refractivity contribution in [2.45, 2.75) is 63.2 Å². The lowest BCUT2D eigenvalue weighted by molar-refractivity contribution is -0.122. The summed E-state index contributed by atoms with van der Waals surface area (Å²) in [6.07, 6.45) is 8.51. The average molecular weight is 234 g/mol. The van der Waals surface area contributed by atoms with E-state index in [1.54, 1.807) is 0 Å². The zero-order valence-corrected chi connectivity index (χ0v) is 10.0. The first-order valence-electron chi connectivity index (χ1n) is 6.71. The second kappa shape index (κ2) is 4.59. The van der Waals surface area contributed by atoms with Gasteiger partial charge >= 0.3 is 0 Å². The highest BCUT2D eigenvalue weighted by molar-refractivity contribution is 5.85. The van der Waals surface area contributed by atoms with E-state index in [0.717, 1.165) is 37.9 Å². The molecule has 0 N–H and O–H groups in total. The fourth-order valence-corrected chi connectivity index (χ4v) is 2.98. The Balaban J connectivity index is 1.76. The highest BCUT2D eigenvalue weighted by Gasteiger charge is 2.30. The van der Waals surface area contributed by atoms with E-state index >= 15 is 0 Å². The van der Waals surface area contributed by atoms with Gasteiger partial charge in [-0.15, -0.1) is 0 Å². The van der Waals surface area contributed by atoms with Crippen molar-refractivity contribution in [2.24, 2.45) is 0 Å². The Hall–Kier alpha value is -1.19. The van der Waals surface area contributed by atoms with Crippen LogP contribution in [0.15, 0.2) is 4.52 Å². The lowest BCUT2D eigenvalue weighted by Gasteiger charge is -2.16. The van der Waals surface area contributed by atoms with Gasteiger partial charge in [-0.05, 0) is 25.7 Å². The van der Waals surface area contributed by atoms with Gasteiger partial charge in [0.2, 0.25) is 5.89 Å². The van der Waals surface area contributed by atoms with Crippen LogP contribution in [0.3, 0.4) is 0 Å². The third-order valence-electron chi connectivity index (χ3n) is 4.03. The fourth-order valence-electron chi connectivity index (χ4n) is 2.98. The van der Waals surface area contributed by atoms with Crippen LogP contribution >= 0.6 is 0 Å². The van der Waals surface area contributed by atoms with E-state index in [1.165, 1.54) is 12.8 Å². The van der Waals surface area contributed by atoms with Crippen molar-refractivity contribution in [1.82, 2.24) is 10.1 Å². The Morgan fingerprint density at radius 3 is 2.59 bits per heavy atom. The van der Waals surface area contributed by atoms with E-state index in [1.807, 2.05) is 0 Å². The molecule has 4 heteroatoms. The highest BCUT2D eigenvalue weighted by atomic mass is 16.5. The van der Waals surface area contributed by atoms with Gasteiger partial charge in [0.25, 0.3) is 0 Å². The molecule has 0 aromatic carbocycles. The predicted molar refractivity (Wildman–Crippen MR) is 61.7 cm³/mol. The number of ketones is 1. The number of hydrogen-bond acceptors (Lipinski definition) is 4. The van der Waals surface area contributed by atoms with Gasteiger partial charge in [0.15, 0.2) is 5.82 Å². The first-order valence-corrected chi connectivity index (χ1v) is 6.71. The number of hydrogen-bond donors (Lipinski definition) is 0. The number of carbonyl (C=O) groups is 1. The predicted octanol–water partition coefficient (Wildman–Crippen LogP) is 2.95. The number of rotatable bonds is 2. The number of carbonyl (C=O) groups excluding carboxylic acids is 1. The molecule has 1 heterocycles. The second-order valence-corrected chi connectivity index (χ2v) is 5.24. The van der Waals surface area contributed by atoms with Crippen molar-refractivity contribution in [3.8, 4) is 0 Å². The third-order valence-corrected chi connectivity index (χ3v) is 4.03. The Morgan fingerprint density at radius 2 is 1.82 bits per heavy atom. The summed E-state index contributed by atoms with van der Waals surface area (Å²) >= 11 is 0. The average Bonchev–Trinajstić information content (AvgIpc) is 3.00. The summed E-state index contributed by atoms with van der Waals surface area (Å²) < 4.78 is 5.31. The maximum atomic E-state index is 11.8. The molecule has 1 aromatic rings. The Kier molecular flexibility index (Phi) is 2.95. The maximum absolute atomic E-state index is 11.8. The van der Waals surface area contributed by atoms with Crippen LogP contribution in [-0.4, -0.2) is 15.9 Å². The molecule has 92 valence electrons. The summed E-state index contributed by atoms with van der Waals surface area (Å²) in [7, 11) is 0. The number of Topliss-reactive ketones (excluding diaryl/α,β-unsaturated/α-hetero) is 1. The molecule has 1 aromatic heterocycles. The zero-order chi connectivity index (χ0) is 11.7. The fraction of sp³-hybridized carbons (Fsp3) is 0.769. The summed E-state index contributed by atoms with van der Waals surface area (Å²) in [6.45, 7) is 0. The van der Waals surface area contributed by atoms with Crippen molar-refractivity contribution >= 4 is 5.78 Å². The zero-order valence-electron chi connectivity index (χ0n) is 10.0. The normalized spacial score (nSPS) is 26.6. The highest BCUT2D eigenvalue weighted by Crippen LogP contribution is 2.34. The maximum Gasteiger partial charge on any atom is 0.237 e. The van der Waals surface area contributed by atoms with Gasteiger partial charge in [-0.3, -0.25) is 4.79 Å². The monoisotopic (exact) mass is 234 g/mol. The van der Waals surface area contributed by atoms with Gasteiger partial charge in [0.05, 0.1) is 5.92 Å². The topological polar surface area (TPSA) is 56.0 Å². The van der Waals surface area contributed by atoms with E-state index in [4.69, 9.17) is 4.52 Å². The van der Waals surface area contributed by atoms with Gasteiger partial charge in [0, 0.05) is 12.3 Å². The van der Waals surface area contributed by atoms with Crippen LogP contribution in [0, 0.1) is 0 Å². The minimum absolute atomic E-state index is 0.119. The van der Waals surface area contributed by atoms with Gasteiger partial charge in [-0.2, -0.15) is 4.98 Å². The van der Waals surface area contributed by atoms with Crippen molar-refractivity contribution < 1.29 is 9.32 Å². The minimum atomic E-state index is -0.119. The molecule has 2 aliphatic carbocycles. The molecule has 0 bridgehead atoms. The Bertz CT molecular complexity index is 407. The van der Waals surface area contributed by atoms with Crippen molar-refractivity contribution in [2.75, 3.05) is 0 Å². The molecule has 1 atom stereocenters. The van der Waals surface area contributed by atoms with Crippen LogP contribution in [0.5, 0.6) is 0 Å². The lowest BCUT2D eigenvalue weighted by Crippen LogP contribution is -2.17. The molecule has 1 unspecified atom stereocenters. The van der Waals surface area contributed by atoms with Gasteiger partial charge in [0.1, 0.15) is 5.78 Å². The van der Waals surface area contributed by atoms with E-state index in [9.17, 15) is 4.79 Å². The van der Waals surface area contributed by atoms with Crippen LogP contribution in [0.2, 0.25) is 0 Å². The molecule has 3 rings (SSSR count). The second-order valence-electron chi connectivity index (χ2n) is 5.24. The van der Waals surface area contributed by atoms with Gasteiger partial charge in [-0.1, -0.05) is 24.4 Å². The minimum Gasteiger partial charge on any atom is -0.339 e. The number of aromatic nitrogens is 2. The van der Waals surface area contributed by atoms with Gasteiger partial charge < -0.3 is 4.52 Å². The third kappa shape index (κ3) is 2.13. The van der Waals surface area contributed by atoms with Crippen LogP contribution in [0.1, 0.15) is 74.9 Å². The Labute approximate surface area is 101 Å². The van der Waals surface area contributed by atoms with E-state index in [0.29, 0.717) is 18.2 Å². The molecule has 0 saturated heterocycles. The number of nitrogens with zero attached hydrogens (tertiary/aromatic N) is 2. The first-order chi connectivity index (χ1) is 8.34. The standard InChI is InChI=1S/C13H18N2O2/c16-11-8-4-3-7-10(11)13-14-12(15-17-13)9-5-1-2-6-9/h9-10H,1-8H2.